The Bertz CT molecular complexity index is 1030. The molecule has 0 amide bonds. The monoisotopic (exact) mass is 521 g/mol. The van der Waals surface area contributed by atoms with Crippen molar-refractivity contribution >= 4 is 17.0 Å². The highest BCUT2D eigenvalue weighted by atomic mass is 79.9. The Hall–Kier alpha value is -2.12. The van der Waals surface area contributed by atoms with Gasteiger partial charge in [0.2, 0.25) is 0 Å². The van der Waals surface area contributed by atoms with Gasteiger partial charge in [-0.05, 0) is 67.0 Å². The van der Waals surface area contributed by atoms with Gasteiger partial charge < -0.3 is 11.1 Å². The van der Waals surface area contributed by atoms with Crippen molar-refractivity contribution < 1.29 is 0 Å². The highest BCUT2D eigenvalue weighted by molar-refractivity contribution is 8.93. The van der Waals surface area contributed by atoms with Crippen LogP contribution >= 0.6 is 17.0 Å². The quantitative estimate of drug-likeness (QED) is 0.431. The van der Waals surface area contributed by atoms with Crippen molar-refractivity contribution in [2.45, 2.75) is 76.3 Å². The molecule has 0 bridgehead atoms. The summed E-state index contributed by atoms with van der Waals surface area (Å²) in [6.07, 6.45) is 10.9. The Balaban J connectivity index is 0.00000274. The van der Waals surface area contributed by atoms with E-state index in [2.05, 4.69) is 57.7 Å². The van der Waals surface area contributed by atoms with E-state index in [0.717, 1.165) is 38.2 Å². The molecule has 3 aromatic rings. The maximum absolute atomic E-state index is 6.61. The summed E-state index contributed by atoms with van der Waals surface area (Å²) in [6.45, 7) is 2.55. The molecule has 3 unspecified atom stereocenters. The fourth-order valence-corrected chi connectivity index (χ4v) is 5.56. The Morgan fingerprint density at radius 3 is 2.44 bits per heavy atom. The van der Waals surface area contributed by atoms with Gasteiger partial charge >= 0.3 is 0 Å². The van der Waals surface area contributed by atoms with Crippen LogP contribution in [0.5, 0.6) is 0 Å². The molecule has 1 aromatic carbocycles. The van der Waals surface area contributed by atoms with Gasteiger partial charge in [-0.2, -0.15) is 0 Å². The number of nitrogens with one attached hydrogen (secondary N) is 1. The number of nitrogens with two attached hydrogens (primary N) is 1. The minimum atomic E-state index is 0. The normalized spacial score (nSPS) is 21.8. The molecule has 0 aliphatic heterocycles. The minimum Gasteiger partial charge on any atom is -0.326 e. The average molecular weight is 523 g/mol. The van der Waals surface area contributed by atoms with Crippen molar-refractivity contribution in [1.82, 2.24) is 20.2 Å². The summed E-state index contributed by atoms with van der Waals surface area (Å²) in [5.74, 6) is 0. The second kappa shape index (κ2) is 12.0. The van der Waals surface area contributed by atoms with Crippen LogP contribution in [0.3, 0.4) is 0 Å². The second-order valence-electron chi connectivity index (χ2n) is 9.53. The Kier molecular flexibility index (Phi) is 8.84. The predicted octanol–water partition coefficient (Wildman–Crippen LogP) is 5.10. The van der Waals surface area contributed by atoms with Crippen molar-refractivity contribution in [1.29, 1.82) is 0 Å². The average Bonchev–Trinajstić information content (AvgIpc) is 3.29. The van der Waals surface area contributed by atoms with Crippen LogP contribution in [0.4, 0.5) is 0 Å². The van der Waals surface area contributed by atoms with Gasteiger partial charge in [-0.1, -0.05) is 42.8 Å². The molecule has 2 heterocycles. The lowest BCUT2D eigenvalue weighted by Gasteiger charge is -2.40. The zero-order valence-corrected chi connectivity index (χ0v) is 21.5. The van der Waals surface area contributed by atoms with Crippen LogP contribution < -0.4 is 11.1 Å². The maximum Gasteiger partial charge on any atom is 0.0607 e. The number of hydrogen-bond acceptors (Lipinski definition) is 5. The first-order valence-electron chi connectivity index (χ1n) is 12.4. The summed E-state index contributed by atoms with van der Waals surface area (Å²) in [5.41, 5.74) is 13.0. The number of rotatable bonds is 8. The summed E-state index contributed by atoms with van der Waals surface area (Å²) in [5, 5.41) is 3.49. The molecule has 2 aliphatic rings. The van der Waals surface area contributed by atoms with E-state index in [-0.39, 0.29) is 23.0 Å². The van der Waals surface area contributed by atoms with E-state index >= 15 is 0 Å². The zero-order chi connectivity index (χ0) is 22.5. The Morgan fingerprint density at radius 1 is 0.853 bits per heavy atom. The van der Waals surface area contributed by atoms with Crippen LogP contribution in [0.1, 0.15) is 66.2 Å². The Morgan fingerprint density at radius 2 is 1.68 bits per heavy atom. The van der Waals surface area contributed by atoms with E-state index < -0.39 is 0 Å². The van der Waals surface area contributed by atoms with Crippen LogP contribution in [-0.2, 0) is 26.1 Å². The van der Waals surface area contributed by atoms with Gasteiger partial charge in [0.25, 0.3) is 0 Å². The minimum absolute atomic E-state index is 0. The molecular formula is C28H36BrN5. The topological polar surface area (TPSA) is 67.1 Å². The van der Waals surface area contributed by atoms with Gasteiger partial charge in [0, 0.05) is 44.1 Å². The molecular weight excluding hydrogens is 486 g/mol. The fourth-order valence-electron chi connectivity index (χ4n) is 5.56. The lowest BCUT2D eigenvalue weighted by molar-refractivity contribution is 0.100. The van der Waals surface area contributed by atoms with Crippen molar-refractivity contribution in [3.63, 3.8) is 0 Å². The summed E-state index contributed by atoms with van der Waals surface area (Å²) < 4.78 is 0. The van der Waals surface area contributed by atoms with Gasteiger partial charge in [-0.3, -0.25) is 14.9 Å². The van der Waals surface area contributed by atoms with Gasteiger partial charge in [0.15, 0.2) is 0 Å². The molecule has 0 saturated heterocycles. The van der Waals surface area contributed by atoms with Crippen molar-refractivity contribution in [2.24, 2.45) is 5.73 Å². The van der Waals surface area contributed by atoms with Crippen molar-refractivity contribution in [3.8, 4) is 0 Å². The molecule has 6 heteroatoms. The fraction of sp³-hybridized carbons (Fsp3) is 0.429. The molecule has 0 spiro atoms. The third-order valence-electron chi connectivity index (χ3n) is 7.27. The smallest absolute Gasteiger partial charge is 0.0607 e. The molecule has 180 valence electrons. The number of aromatic nitrogens is 2. The number of pyridine rings is 2. The molecule has 0 radical (unpaired) electrons. The summed E-state index contributed by atoms with van der Waals surface area (Å²) in [4.78, 5) is 11.9. The molecule has 5 rings (SSSR count). The molecule has 3 N–H and O–H groups in total. The number of nitrogens with zero attached hydrogens (tertiary/aromatic N) is 3. The standard InChI is InChI=1S/C28H35N5.BrH/c29-25-9-4-10-26(25)33(27-11-3-6-23-7-5-17-32-28(23)27)20-22-14-12-21(13-15-22)18-30-19-24-8-1-2-16-31-24;/h1-2,5,7-8,12-17,25-27,30H,3-4,6,9-11,18-20,29H2;1H. The molecule has 2 aromatic heterocycles. The van der Waals surface area contributed by atoms with Crippen LogP contribution in [0.25, 0.3) is 0 Å². The molecule has 3 atom stereocenters. The SMILES string of the molecule is Br.NC1CCCC1N(Cc1ccc(CNCc2ccccn2)cc1)C1CCCc2cccnc21. The van der Waals surface area contributed by atoms with Gasteiger partial charge in [0.05, 0.1) is 17.4 Å². The first-order valence-corrected chi connectivity index (χ1v) is 12.4. The first-order chi connectivity index (χ1) is 16.3. The summed E-state index contributed by atoms with van der Waals surface area (Å²) in [6, 6.07) is 20.5. The second-order valence-corrected chi connectivity index (χ2v) is 9.53. The number of halogens is 1. The summed E-state index contributed by atoms with van der Waals surface area (Å²) >= 11 is 0. The number of benzene rings is 1. The Labute approximate surface area is 214 Å². The van der Waals surface area contributed by atoms with Crippen LogP contribution in [-0.4, -0.2) is 27.0 Å². The van der Waals surface area contributed by atoms with Gasteiger partial charge in [0.1, 0.15) is 0 Å². The van der Waals surface area contributed by atoms with E-state index in [4.69, 9.17) is 10.7 Å². The van der Waals surface area contributed by atoms with E-state index in [1.54, 1.807) is 0 Å². The zero-order valence-electron chi connectivity index (χ0n) is 19.8. The largest absolute Gasteiger partial charge is 0.326 e. The van der Waals surface area contributed by atoms with Crippen molar-refractivity contribution in [2.75, 3.05) is 0 Å². The maximum atomic E-state index is 6.61. The van der Waals surface area contributed by atoms with Gasteiger partial charge in [-0.25, -0.2) is 0 Å². The van der Waals surface area contributed by atoms with Crippen molar-refractivity contribution in [3.05, 3.63) is 95.1 Å². The summed E-state index contributed by atoms with van der Waals surface area (Å²) in [7, 11) is 0. The molecule has 1 fully saturated rings. The molecule has 2 aliphatic carbocycles. The highest BCUT2D eigenvalue weighted by Gasteiger charge is 2.36. The third kappa shape index (κ3) is 5.92. The van der Waals surface area contributed by atoms with E-state index in [9.17, 15) is 0 Å². The van der Waals surface area contributed by atoms with Gasteiger partial charge in [-0.15, -0.1) is 17.0 Å². The van der Waals surface area contributed by atoms with Crippen LogP contribution in [0.15, 0.2) is 67.0 Å². The molecule has 5 nitrogen and oxygen atoms in total. The lowest BCUT2D eigenvalue weighted by atomic mass is 9.89. The molecule has 1 saturated carbocycles. The van der Waals surface area contributed by atoms with Crippen LogP contribution in [0, 0.1) is 0 Å². The van der Waals surface area contributed by atoms with E-state index in [1.165, 1.54) is 48.1 Å². The van der Waals surface area contributed by atoms with E-state index in [1.807, 2.05) is 24.5 Å². The predicted molar refractivity (Wildman–Crippen MR) is 143 cm³/mol. The molecule has 34 heavy (non-hydrogen) atoms. The van der Waals surface area contributed by atoms with E-state index in [0.29, 0.717) is 12.1 Å². The highest BCUT2D eigenvalue weighted by Crippen LogP contribution is 2.38. The number of fused-ring (bicyclic) bond motifs is 1. The first kappa shape index (κ1) is 25.0. The number of hydrogen-bond donors (Lipinski definition) is 2. The number of aryl methyl sites for hydroxylation is 1. The lowest BCUT2D eigenvalue weighted by Crippen LogP contribution is -2.46. The van der Waals surface area contributed by atoms with Crippen LogP contribution in [0.2, 0.25) is 0 Å². The third-order valence-corrected chi connectivity index (χ3v) is 7.27.